The summed E-state index contributed by atoms with van der Waals surface area (Å²) < 4.78 is 7.56. The molecule has 7 aromatic heterocycles. The van der Waals surface area contributed by atoms with E-state index in [1.807, 2.05) is 68.0 Å². The topological polar surface area (TPSA) is 0 Å². The number of benzene rings is 1. The second-order valence-electron chi connectivity index (χ2n) is 9.59. The van der Waals surface area contributed by atoms with Crippen LogP contribution in [0.4, 0.5) is 0 Å². The number of rotatable bonds is 6. The van der Waals surface area contributed by atoms with Crippen LogP contribution in [0, 0.1) is 0 Å². The molecule has 0 fully saturated rings. The molecule has 0 nitrogen and oxygen atoms in total. The molecule has 0 aliphatic rings. The van der Waals surface area contributed by atoms with E-state index < -0.39 is 0 Å². The highest BCUT2D eigenvalue weighted by molar-refractivity contribution is 7.38. The van der Waals surface area contributed by atoms with Gasteiger partial charge in [-0.1, -0.05) is 39.0 Å². The maximum absolute atomic E-state index is 2.35. The normalized spacial score (nSPS) is 12.3. The minimum absolute atomic E-state index is 1.05. The molecule has 0 saturated heterocycles. The standard InChI is InChI=1S/C32H24S7/c1-4-16-22-24-29(39-28-18(6-3)27(38-32(24)28)21-12-9-15-35-21)23-17(5-2)26(20-11-8-14-34-20)37-31(23)30(22)36-25(16)19-10-7-13-33-19/h7-15H,4-6H2,1-3H3. The molecule has 7 heteroatoms. The average Bonchev–Trinajstić information content (AvgIpc) is 3.76. The quantitative estimate of drug-likeness (QED) is 0.171. The molecule has 0 amide bonds. The van der Waals surface area contributed by atoms with Gasteiger partial charge in [0.1, 0.15) is 0 Å². The molecule has 0 atom stereocenters. The van der Waals surface area contributed by atoms with Gasteiger partial charge < -0.3 is 0 Å². The Morgan fingerprint density at radius 2 is 0.872 bits per heavy atom. The fraction of sp³-hybridized carbons (Fsp3) is 0.188. The van der Waals surface area contributed by atoms with E-state index in [0.29, 0.717) is 0 Å². The molecule has 8 rings (SSSR count). The van der Waals surface area contributed by atoms with Crippen LogP contribution in [0.5, 0.6) is 0 Å². The van der Waals surface area contributed by atoms with Crippen LogP contribution < -0.4 is 0 Å². The van der Waals surface area contributed by atoms with Gasteiger partial charge in [0, 0.05) is 50.1 Å². The summed E-state index contributed by atoms with van der Waals surface area (Å²) in [5, 5.41) is 11.3. The van der Waals surface area contributed by atoms with Crippen LogP contribution in [-0.4, -0.2) is 0 Å². The van der Waals surface area contributed by atoms with Crippen molar-refractivity contribution in [3.05, 3.63) is 69.2 Å². The third-order valence-electron chi connectivity index (χ3n) is 7.61. The molecule has 0 spiro atoms. The van der Waals surface area contributed by atoms with E-state index in [0.717, 1.165) is 19.3 Å². The van der Waals surface area contributed by atoms with Gasteiger partial charge in [0.15, 0.2) is 0 Å². The van der Waals surface area contributed by atoms with Crippen molar-refractivity contribution in [3.63, 3.8) is 0 Å². The molecule has 39 heavy (non-hydrogen) atoms. The number of hydrogen-bond acceptors (Lipinski definition) is 7. The van der Waals surface area contributed by atoms with E-state index in [4.69, 9.17) is 0 Å². The largest absolute Gasteiger partial charge is 0.143 e. The highest BCUT2D eigenvalue weighted by Crippen LogP contribution is 2.58. The molecule has 0 N–H and O–H groups in total. The number of hydrogen-bond donors (Lipinski definition) is 0. The van der Waals surface area contributed by atoms with Gasteiger partial charge in [0.25, 0.3) is 0 Å². The Kier molecular flexibility index (Phi) is 6.15. The van der Waals surface area contributed by atoms with Crippen molar-refractivity contribution in [2.75, 3.05) is 0 Å². The maximum atomic E-state index is 2.35. The van der Waals surface area contributed by atoms with E-state index in [9.17, 15) is 0 Å². The number of fused-ring (bicyclic) bond motifs is 8. The van der Waals surface area contributed by atoms with Gasteiger partial charge >= 0.3 is 0 Å². The third-order valence-corrected chi connectivity index (χ3v) is 16.0. The molecule has 1 aromatic carbocycles. The SMILES string of the molecule is CCc1c(-c2cccs2)sc2c1sc1c3c(CC)c(-c4cccs4)sc3c3sc(-c4cccs4)c(CC)c3c21. The summed E-state index contributed by atoms with van der Waals surface area (Å²) in [5.41, 5.74) is 4.62. The zero-order chi connectivity index (χ0) is 26.2. The highest BCUT2D eigenvalue weighted by Gasteiger charge is 2.28. The average molecular weight is 633 g/mol. The van der Waals surface area contributed by atoms with Crippen molar-refractivity contribution < 1.29 is 0 Å². The van der Waals surface area contributed by atoms with Gasteiger partial charge in [-0.05, 0) is 70.3 Å². The molecule has 0 radical (unpaired) electrons. The number of thiophene rings is 7. The molecule has 194 valence electrons. The molecular weight excluding hydrogens is 609 g/mol. The summed E-state index contributed by atoms with van der Waals surface area (Å²) in [6, 6.07) is 13.5. The van der Waals surface area contributed by atoms with Crippen LogP contribution in [0.3, 0.4) is 0 Å². The van der Waals surface area contributed by atoms with E-state index in [-0.39, 0.29) is 0 Å². The molecule has 0 aliphatic carbocycles. The van der Waals surface area contributed by atoms with Crippen molar-refractivity contribution in [1.29, 1.82) is 0 Å². The molecule has 7 heterocycles. The van der Waals surface area contributed by atoms with Crippen LogP contribution in [0.25, 0.3) is 68.9 Å². The predicted molar refractivity (Wildman–Crippen MR) is 186 cm³/mol. The molecule has 0 bridgehead atoms. The minimum atomic E-state index is 1.05. The van der Waals surface area contributed by atoms with Crippen LogP contribution in [0.2, 0.25) is 0 Å². The molecule has 0 aliphatic heterocycles. The van der Waals surface area contributed by atoms with Crippen molar-refractivity contribution in [2.24, 2.45) is 0 Å². The van der Waals surface area contributed by atoms with Crippen LogP contribution >= 0.6 is 79.4 Å². The Bertz CT molecular complexity index is 2100. The van der Waals surface area contributed by atoms with E-state index in [1.54, 1.807) is 11.1 Å². The zero-order valence-electron chi connectivity index (χ0n) is 21.7. The van der Waals surface area contributed by atoms with Gasteiger partial charge in [0.2, 0.25) is 0 Å². The number of aryl methyl sites for hydroxylation is 3. The molecule has 0 unspecified atom stereocenters. The van der Waals surface area contributed by atoms with E-state index >= 15 is 0 Å². The summed E-state index contributed by atoms with van der Waals surface area (Å²) in [4.78, 5) is 8.67. The van der Waals surface area contributed by atoms with Crippen molar-refractivity contribution in [2.45, 2.75) is 40.0 Å². The molecule has 8 aromatic rings. The summed E-state index contributed by atoms with van der Waals surface area (Å²) in [6.07, 6.45) is 3.19. The molecule has 0 saturated carbocycles. The van der Waals surface area contributed by atoms with Crippen LogP contribution in [0.1, 0.15) is 37.5 Å². The Labute approximate surface area is 255 Å². The van der Waals surface area contributed by atoms with Gasteiger partial charge in [-0.3, -0.25) is 0 Å². The lowest BCUT2D eigenvalue weighted by Crippen LogP contribution is -1.83. The lowest BCUT2D eigenvalue weighted by Gasteiger charge is -2.05. The smallest absolute Gasteiger partial charge is 0.0546 e. The Morgan fingerprint density at radius 3 is 1.33 bits per heavy atom. The van der Waals surface area contributed by atoms with Crippen LogP contribution in [-0.2, 0) is 19.3 Å². The fourth-order valence-electron chi connectivity index (χ4n) is 5.95. The first-order valence-corrected chi connectivity index (χ1v) is 19.2. The predicted octanol–water partition coefficient (Wildman–Crippen LogP) is 13.4. The van der Waals surface area contributed by atoms with Crippen molar-refractivity contribution >= 4 is 119 Å². The third kappa shape index (κ3) is 3.54. The molecular formula is C32H24S7. The van der Waals surface area contributed by atoms with Crippen LogP contribution in [0.15, 0.2) is 52.5 Å². The first kappa shape index (κ1) is 24.9. The zero-order valence-corrected chi connectivity index (χ0v) is 27.4. The van der Waals surface area contributed by atoms with Gasteiger partial charge in [-0.25, -0.2) is 0 Å². The van der Waals surface area contributed by atoms with Gasteiger partial charge in [0.05, 0.1) is 18.8 Å². The van der Waals surface area contributed by atoms with Crippen molar-refractivity contribution in [1.82, 2.24) is 0 Å². The summed E-state index contributed by atoms with van der Waals surface area (Å²) in [6.45, 7) is 7.03. The second-order valence-corrected chi connectivity index (χ2v) is 16.5. The van der Waals surface area contributed by atoms with E-state index in [2.05, 4.69) is 84.6 Å². The Hall–Kier alpha value is -1.84. The Morgan fingerprint density at radius 1 is 0.436 bits per heavy atom. The minimum Gasteiger partial charge on any atom is -0.143 e. The fourth-order valence-corrected chi connectivity index (χ4v) is 14.7. The Balaban J connectivity index is 1.61. The summed E-state index contributed by atoms with van der Waals surface area (Å²) in [5.74, 6) is 0. The van der Waals surface area contributed by atoms with Crippen molar-refractivity contribution in [3.8, 4) is 29.3 Å². The first-order valence-electron chi connectivity index (χ1n) is 13.3. The maximum Gasteiger partial charge on any atom is 0.0546 e. The van der Waals surface area contributed by atoms with E-state index in [1.165, 1.54) is 74.5 Å². The summed E-state index contributed by atoms with van der Waals surface area (Å²) >= 11 is 13.8. The lowest BCUT2D eigenvalue weighted by molar-refractivity contribution is 1.17. The monoisotopic (exact) mass is 632 g/mol. The van der Waals surface area contributed by atoms with Gasteiger partial charge in [-0.2, -0.15) is 0 Å². The second kappa shape index (κ2) is 9.62. The van der Waals surface area contributed by atoms with Gasteiger partial charge in [-0.15, -0.1) is 79.4 Å². The summed E-state index contributed by atoms with van der Waals surface area (Å²) in [7, 11) is 0. The lowest BCUT2D eigenvalue weighted by atomic mass is 9.99. The first-order chi connectivity index (χ1) is 19.2. The highest BCUT2D eigenvalue weighted by atomic mass is 32.1.